The Kier molecular flexibility index (Phi) is 3.86. The molecule has 0 spiro atoms. The Labute approximate surface area is 106 Å². The Morgan fingerprint density at radius 1 is 1.67 bits per heavy atom. The van der Waals surface area contributed by atoms with Gasteiger partial charge in [-0.05, 0) is 13.8 Å². The predicted octanol–water partition coefficient (Wildman–Crippen LogP) is 0.508. The molecular weight excluding hydrogens is 234 g/mol. The summed E-state index contributed by atoms with van der Waals surface area (Å²) >= 11 is 0. The molecule has 0 unspecified atom stereocenters. The molecule has 2 heterocycles. The van der Waals surface area contributed by atoms with Crippen LogP contribution in [0.4, 0.5) is 0 Å². The minimum Gasteiger partial charge on any atom is -0.477 e. The maximum Gasteiger partial charge on any atom is 0.261 e. The minimum atomic E-state index is -0.137. The Bertz CT molecular complexity index is 428. The molecule has 6 nitrogen and oxygen atoms in total. The quantitative estimate of drug-likeness (QED) is 0.849. The fourth-order valence-electron chi connectivity index (χ4n) is 2.07. The van der Waals surface area contributed by atoms with Crippen LogP contribution in [-0.4, -0.2) is 51.5 Å². The summed E-state index contributed by atoms with van der Waals surface area (Å²) in [5, 5.41) is 13.2. The highest BCUT2D eigenvalue weighted by Crippen LogP contribution is 2.24. The molecule has 2 rings (SSSR count). The van der Waals surface area contributed by atoms with Gasteiger partial charge in [0.15, 0.2) is 0 Å². The van der Waals surface area contributed by atoms with E-state index in [2.05, 4.69) is 5.10 Å². The lowest BCUT2D eigenvalue weighted by Gasteiger charge is -2.26. The van der Waals surface area contributed by atoms with Crippen molar-refractivity contribution in [1.29, 1.82) is 0 Å². The van der Waals surface area contributed by atoms with Crippen molar-refractivity contribution in [3.63, 3.8) is 0 Å². The summed E-state index contributed by atoms with van der Waals surface area (Å²) in [7, 11) is 0. The smallest absolute Gasteiger partial charge is 0.261 e. The Balaban J connectivity index is 2.24. The first-order chi connectivity index (χ1) is 8.65. The zero-order valence-corrected chi connectivity index (χ0v) is 10.8. The van der Waals surface area contributed by atoms with Crippen molar-refractivity contribution >= 4 is 5.91 Å². The molecular formula is C12H19N3O3. The van der Waals surface area contributed by atoms with Crippen LogP contribution >= 0.6 is 0 Å². The second kappa shape index (κ2) is 5.39. The first kappa shape index (κ1) is 12.9. The Morgan fingerprint density at radius 2 is 2.44 bits per heavy atom. The van der Waals surface area contributed by atoms with Crippen LogP contribution in [0, 0.1) is 0 Å². The van der Waals surface area contributed by atoms with Gasteiger partial charge in [-0.15, -0.1) is 0 Å². The molecule has 0 bridgehead atoms. The number of aliphatic hydroxyl groups excluding tert-OH is 1. The summed E-state index contributed by atoms with van der Waals surface area (Å²) < 4.78 is 7.23. The standard InChI is InChI=1S/C12H19N3O3/c1-9(2)14(5-6-16)11(17)10-8-13-15-4-3-7-18-12(10)15/h8-9,16H,3-7H2,1-2H3. The normalized spacial score (nSPS) is 14.2. The molecule has 0 aromatic carbocycles. The lowest BCUT2D eigenvalue weighted by molar-refractivity contribution is 0.0658. The van der Waals surface area contributed by atoms with Crippen molar-refractivity contribution in [1.82, 2.24) is 14.7 Å². The Morgan fingerprint density at radius 3 is 3.11 bits per heavy atom. The van der Waals surface area contributed by atoms with Gasteiger partial charge in [-0.2, -0.15) is 5.10 Å². The molecule has 0 atom stereocenters. The average molecular weight is 253 g/mol. The predicted molar refractivity (Wildman–Crippen MR) is 65.6 cm³/mol. The van der Waals surface area contributed by atoms with Gasteiger partial charge in [0.05, 0.1) is 19.4 Å². The summed E-state index contributed by atoms with van der Waals surface area (Å²) in [5.74, 6) is 0.414. The van der Waals surface area contributed by atoms with Gasteiger partial charge in [0.25, 0.3) is 5.91 Å². The van der Waals surface area contributed by atoms with Crippen molar-refractivity contribution in [3.8, 4) is 5.88 Å². The van der Waals surface area contributed by atoms with E-state index in [0.717, 1.165) is 13.0 Å². The summed E-state index contributed by atoms with van der Waals surface area (Å²) in [4.78, 5) is 14.0. The van der Waals surface area contributed by atoms with Crippen LogP contribution in [-0.2, 0) is 6.54 Å². The van der Waals surface area contributed by atoms with E-state index in [4.69, 9.17) is 9.84 Å². The SMILES string of the molecule is CC(C)N(CCO)C(=O)c1cnn2c1OCCC2. The third-order valence-electron chi connectivity index (χ3n) is 3.00. The molecule has 0 aliphatic carbocycles. The van der Waals surface area contributed by atoms with E-state index in [0.29, 0.717) is 24.6 Å². The molecule has 1 amide bonds. The van der Waals surface area contributed by atoms with Crippen LogP contribution in [0.1, 0.15) is 30.6 Å². The fraction of sp³-hybridized carbons (Fsp3) is 0.667. The van der Waals surface area contributed by atoms with Gasteiger partial charge in [-0.3, -0.25) is 4.79 Å². The number of carbonyl (C=O) groups is 1. The number of nitrogens with zero attached hydrogens (tertiary/aromatic N) is 3. The zero-order chi connectivity index (χ0) is 13.1. The Hall–Kier alpha value is -1.56. The van der Waals surface area contributed by atoms with E-state index in [1.54, 1.807) is 15.8 Å². The summed E-state index contributed by atoms with van der Waals surface area (Å²) in [5.41, 5.74) is 0.483. The maximum atomic E-state index is 12.4. The number of amides is 1. The molecule has 1 aliphatic rings. The molecule has 1 aromatic rings. The second-order valence-electron chi connectivity index (χ2n) is 4.60. The average Bonchev–Trinajstić information content (AvgIpc) is 2.78. The minimum absolute atomic E-state index is 0.0313. The van der Waals surface area contributed by atoms with Gasteiger partial charge in [0.2, 0.25) is 5.88 Å². The number of ether oxygens (including phenoxy) is 1. The number of rotatable bonds is 4. The number of carbonyl (C=O) groups excluding carboxylic acids is 1. The van der Waals surface area contributed by atoms with E-state index in [-0.39, 0.29) is 18.6 Å². The van der Waals surface area contributed by atoms with Crippen molar-refractivity contribution in [2.45, 2.75) is 32.9 Å². The van der Waals surface area contributed by atoms with Crippen LogP contribution in [0.25, 0.3) is 0 Å². The third kappa shape index (κ3) is 2.33. The number of aryl methyl sites for hydroxylation is 1. The van der Waals surface area contributed by atoms with Crippen LogP contribution in [0.5, 0.6) is 5.88 Å². The molecule has 100 valence electrons. The third-order valence-corrected chi connectivity index (χ3v) is 3.00. The van der Waals surface area contributed by atoms with Gasteiger partial charge in [0, 0.05) is 25.6 Å². The molecule has 0 saturated heterocycles. The summed E-state index contributed by atoms with van der Waals surface area (Å²) in [6.45, 7) is 5.52. The molecule has 18 heavy (non-hydrogen) atoms. The molecule has 1 aliphatic heterocycles. The lowest BCUT2D eigenvalue weighted by atomic mass is 10.2. The van der Waals surface area contributed by atoms with Gasteiger partial charge >= 0.3 is 0 Å². The van der Waals surface area contributed by atoms with Gasteiger partial charge in [0.1, 0.15) is 5.56 Å². The van der Waals surface area contributed by atoms with Crippen LogP contribution in [0.2, 0.25) is 0 Å². The highest BCUT2D eigenvalue weighted by molar-refractivity contribution is 5.96. The largest absolute Gasteiger partial charge is 0.477 e. The van der Waals surface area contributed by atoms with E-state index in [9.17, 15) is 4.79 Å². The molecule has 1 aromatic heterocycles. The molecule has 0 radical (unpaired) electrons. The number of hydrogen-bond acceptors (Lipinski definition) is 4. The van der Waals surface area contributed by atoms with E-state index in [1.165, 1.54) is 0 Å². The summed E-state index contributed by atoms with van der Waals surface area (Å²) in [6.07, 6.45) is 2.46. The van der Waals surface area contributed by atoms with E-state index in [1.807, 2.05) is 13.8 Å². The molecule has 6 heteroatoms. The van der Waals surface area contributed by atoms with Crippen molar-refractivity contribution in [3.05, 3.63) is 11.8 Å². The van der Waals surface area contributed by atoms with E-state index < -0.39 is 0 Å². The number of aliphatic hydroxyl groups is 1. The van der Waals surface area contributed by atoms with Crippen molar-refractivity contribution in [2.75, 3.05) is 19.8 Å². The van der Waals surface area contributed by atoms with Crippen LogP contribution in [0.3, 0.4) is 0 Å². The highest BCUT2D eigenvalue weighted by atomic mass is 16.5. The lowest BCUT2D eigenvalue weighted by Crippen LogP contribution is -2.39. The van der Waals surface area contributed by atoms with Crippen molar-refractivity contribution in [2.24, 2.45) is 0 Å². The molecule has 1 N–H and O–H groups in total. The number of aromatic nitrogens is 2. The molecule has 0 saturated carbocycles. The van der Waals surface area contributed by atoms with E-state index >= 15 is 0 Å². The monoisotopic (exact) mass is 253 g/mol. The van der Waals surface area contributed by atoms with Gasteiger partial charge in [-0.1, -0.05) is 0 Å². The van der Waals surface area contributed by atoms with Gasteiger partial charge in [-0.25, -0.2) is 4.68 Å². The van der Waals surface area contributed by atoms with Crippen molar-refractivity contribution < 1.29 is 14.6 Å². The topological polar surface area (TPSA) is 67.6 Å². The summed E-state index contributed by atoms with van der Waals surface area (Å²) in [6, 6.07) is 0.0313. The van der Waals surface area contributed by atoms with Crippen LogP contribution in [0.15, 0.2) is 6.20 Å². The maximum absolute atomic E-state index is 12.4. The zero-order valence-electron chi connectivity index (χ0n) is 10.8. The first-order valence-electron chi connectivity index (χ1n) is 6.25. The first-order valence-corrected chi connectivity index (χ1v) is 6.25. The van der Waals surface area contributed by atoms with Gasteiger partial charge < -0.3 is 14.7 Å². The second-order valence-corrected chi connectivity index (χ2v) is 4.60. The number of fused-ring (bicyclic) bond motifs is 1. The number of hydrogen-bond donors (Lipinski definition) is 1. The molecule has 0 fully saturated rings. The fourth-order valence-corrected chi connectivity index (χ4v) is 2.07. The van der Waals surface area contributed by atoms with Crippen LogP contribution < -0.4 is 4.74 Å². The highest BCUT2D eigenvalue weighted by Gasteiger charge is 2.26.